The van der Waals surface area contributed by atoms with Crippen LogP contribution in [0.5, 0.6) is 5.88 Å². The van der Waals surface area contributed by atoms with Gasteiger partial charge < -0.3 is 30.1 Å². The number of piperidine rings is 1. The number of benzene rings is 1. The summed E-state index contributed by atoms with van der Waals surface area (Å²) < 4.78 is 77.0. The molecule has 14 nitrogen and oxygen atoms in total. The van der Waals surface area contributed by atoms with E-state index in [1.807, 2.05) is 30.5 Å². The number of pyridine rings is 1. The normalized spacial score (nSPS) is 14.4. The molecule has 0 radical (unpaired) electrons. The highest BCUT2D eigenvalue weighted by Gasteiger charge is 2.54. The zero-order valence-electron chi connectivity index (χ0n) is 28.0. The Morgan fingerprint density at radius 1 is 0.944 bits per heavy atom. The smallest absolute Gasteiger partial charge is 0.458 e. The number of nitrogens with one attached hydrogen (secondary N) is 3. The Hall–Kier alpha value is -5.79. The number of carbonyl (C=O) groups is 4. The number of hydrogen-bond donors (Lipinski definition) is 3. The van der Waals surface area contributed by atoms with Crippen molar-refractivity contribution in [2.24, 2.45) is 5.92 Å². The van der Waals surface area contributed by atoms with Crippen molar-refractivity contribution in [3.8, 4) is 5.88 Å². The molecule has 4 aromatic rings. The summed E-state index contributed by atoms with van der Waals surface area (Å²) in [6.07, 6.45) is -3.25. The number of rotatable bonds is 6. The van der Waals surface area contributed by atoms with Crippen molar-refractivity contribution in [1.82, 2.24) is 25.0 Å². The molecular weight excluding hydrogens is 754 g/mol. The lowest BCUT2D eigenvalue weighted by atomic mass is 9.93. The van der Waals surface area contributed by atoms with Gasteiger partial charge in [-0.3, -0.25) is 24.2 Å². The third kappa shape index (κ3) is 10.2. The van der Waals surface area contributed by atoms with E-state index >= 15 is 0 Å². The number of amides is 2. The minimum absolute atomic E-state index is 0.0593. The number of nitrogens with zero attached hydrogens (tertiary/aromatic N) is 5. The Morgan fingerprint density at radius 3 is 2.30 bits per heavy atom. The van der Waals surface area contributed by atoms with Crippen molar-refractivity contribution in [3.63, 3.8) is 0 Å². The third-order valence-corrected chi connectivity index (χ3v) is 8.40. The molecule has 0 unspecified atom stereocenters. The number of Topliss-reactive ketones (excluding diaryl/α,β-unsaturated/α-hetero) is 2. The fourth-order valence-electron chi connectivity index (χ4n) is 5.43. The predicted octanol–water partition coefficient (Wildman–Crippen LogP) is 6.24. The maximum absolute atomic E-state index is 13.2. The first-order chi connectivity index (χ1) is 25.5. The van der Waals surface area contributed by atoms with Crippen molar-refractivity contribution < 1.29 is 54.8 Å². The van der Waals surface area contributed by atoms with E-state index in [2.05, 4.69) is 36.1 Å². The van der Waals surface area contributed by atoms with E-state index in [1.165, 1.54) is 19.4 Å². The Labute approximate surface area is 306 Å². The second-order valence-corrected chi connectivity index (χ2v) is 12.4. The fourth-order valence-corrected chi connectivity index (χ4v) is 5.56. The van der Waals surface area contributed by atoms with Crippen LogP contribution in [0.2, 0.25) is 5.02 Å². The number of fused-ring (bicyclic) bond motifs is 6. The van der Waals surface area contributed by atoms with Gasteiger partial charge in [-0.2, -0.15) is 31.3 Å². The number of aryl methyl sites for hydroxylation is 2. The van der Waals surface area contributed by atoms with Gasteiger partial charge in [-0.05, 0) is 72.2 Å². The van der Waals surface area contributed by atoms with Gasteiger partial charge in [0.25, 0.3) is 11.8 Å². The topological polar surface area (TPSA) is 182 Å². The van der Waals surface area contributed by atoms with Gasteiger partial charge in [0.05, 0.1) is 31.3 Å². The van der Waals surface area contributed by atoms with E-state index in [4.69, 9.17) is 20.9 Å². The highest BCUT2D eigenvalue weighted by Crippen LogP contribution is 2.30. The molecule has 6 rings (SSSR count). The van der Waals surface area contributed by atoms with Crippen LogP contribution < -0.4 is 20.7 Å². The van der Waals surface area contributed by atoms with Gasteiger partial charge >= 0.3 is 23.9 Å². The van der Waals surface area contributed by atoms with Gasteiger partial charge in [-0.15, -0.1) is 0 Å². The van der Waals surface area contributed by atoms with E-state index in [0.717, 1.165) is 47.5 Å². The van der Waals surface area contributed by atoms with Crippen molar-refractivity contribution >= 4 is 63.8 Å². The third-order valence-electron chi connectivity index (χ3n) is 8.13. The number of alkyl halides is 6. The first-order valence-corrected chi connectivity index (χ1v) is 16.3. The van der Waals surface area contributed by atoms with Gasteiger partial charge in [0, 0.05) is 37.1 Å². The largest absolute Gasteiger partial charge is 0.479 e. The first kappa shape index (κ1) is 39.4. The summed E-state index contributed by atoms with van der Waals surface area (Å²) in [5.74, 6) is -5.65. The van der Waals surface area contributed by atoms with Crippen LogP contribution in [0.1, 0.15) is 40.9 Å². The first-order valence-electron chi connectivity index (χ1n) is 16.0. The molecule has 3 aromatic heterocycles. The minimum atomic E-state index is -5.77. The number of likely N-dealkylation sites (tertiary alicyclic amines) is 1. The Balaban J connectivity index is 0.000000404. The van der Waals surface area contributed by atoms with Crippen LogP contribution in [0.4, 0.5) is 55.2 Å². The van der Waals surface area contributed by atoms with Crippen LogP contribution in [0.25, 0.3) is 0 Å². The lowest BCUT2D eigenvalue weighted by Gasteiger charge is -2.31. The molecule has 6 bridgehead atoms. The Morgan fingerprint density at radius 2 is 1.65 bits per heavy atom. The molecule has 286 valence electrons. The molecule has 21 heteroatoms. The maximum atomic E-state index is 13.2. The SMILES string of the molecule is COc1cc(C(=O)N2CCC(CC(=O)Nc3ccc4cc3CCc3cncc(c3)Nc3ncc(Cl)c(n3)N4)CC2)on1.O=C(C(=O)C(F)(F)F)C(F)(F)F. The standard InChI is InChI=1S/C29H29ClN8O4.C4F6O2/c1-41-26-13-24(42-37-26)28(40)38-8-6-17(7-9-38)11-25(39)35-23-5-4-20-12-19(23)3-2-18-10-21(15-31-14-18)34-29-32-16-22(30)27(33-20)36-29;5-3(6,7)1(11)2(12)4(8,9)10/h4-5,10,12-17H,2-3,6-9,11H2,1H3,(H,35,39)(H2,32,33,34,36);. The zero-order valence-corrected chi connectivity index (χ0v) is 28.7. The number of ether oxygens (including phenoxy) is 1. The van der Waals surface area contributed by atoms with Crippen LogP contribution in [0.15, 0.2) is 53.4 Å². The number of hydrogen-bond acceptors (Lipinski definition) is 12. The predicted molar refractivity (Wildman–Crippen MR) is 179 cm³/mol. The van der Waals surface area contributed by atoms with E-state index in [-0.39, 0.29) is 29.4 Å². The maximum Gasteiger partial charge on any atom is 0.458 e. The van der Waals surface area contributed by atoms with Crippen LogP contribution in [-0.4, -0.2) is 80.9 Å². The van der Waals surface area contributed by atoms with Crippen LogP contribution in [0.3, 0.4) is 0 Å². The number of methoxy groups -OCH3 is 1. The van der Waals surface area contributed by atoms with E-state index in [9.17, 15) is 45.5 Å². The van der Waals surface area contributed by atoms with Gasteiger partial charge in [0.1, 0.15) is 5.02 Å². The van der Waals surface area contributed by atoms with E-state index in [0.29, 0.717) is 42.7 Å². The monoisotopic (exact) mass is 782 g/mol. The lowest BCUT2D eigenvalue weighted by Crippen LogP contribution is -2.39. The van der Waals surface area contributed by atoms with Crippen molar-refractivity contribution in [2.75, 3.05) is 36.1 Å². The highest BCUT2D eigenvalue weighted by molar-refractivity contribution is 6.41. The zero-order chi connectivity index (χ0) is 39.2. The number of halogens is 7. The quantitative estimate of drug-likeness (QED) is 0.148. The van der Waals surface area contributed by atoms with Crippen molar-refractivity contribution in [3.05, 3.63) is 70.8 Å². The molecule has 2 aliphatic rings. The number of carbonyl (C=O) groups excluding carboxylic acids is 4. The lowest BCUT2D eigenvalue weighted by molar-refractivity contribution is -0.193. The Kier molecular flexibility index (Phi) is 12.0. The highest BCUT2D eigenvalue weighted by atomic mass is 35.5. The summed E-state index contributed by atoms with van der Waals surface area (Å²) in [6.45, 7) is 1.08. The molecule has 0 spiro atoms. The molecule has 2 aliphatic heterocycles. The summed E-state index contributed by atoms with van der Waals surface area (Å²) in [4.78, 5) is 60.0. The van der Waals surface area contributed by atoms with Gasteiger partial charge in [-0.1, -0.05) is 11.6 Å². The molecule has 2 amide bonds. The molecule has 54 heavy (non-hydrogen) atoms. The van der Waals surface area contributed by atoms with Crippen molar-refractivity contribution in [2.45, 2.75) is 44.5 Å². The fraction of sp³-hybridized carbons (Fsp3) is 0.333. The van der Waals surface area contributed by atoms with Gasteiger partial charge in [0.2, 0.25) is 17.6 Å². The molecule has 1 aromatic carbocycles. The number of ketones is 2. The molecule has 1 saturated heterocycles. The van der Waals surface area contributed by atoms with E-state index in [1.54, 1.807) is 11.1 Å². The molecule has 0 saturated carbocycles. The summed E-state index contributed by atoms with van der Waals surface area (Å²) in [7, 11) is 1.47. The molecule has 5 heterocycles. The average Bonchev–Trinajstić information content (AvgIpc) is 3.61. The second kappa shape index (κ2) is 16.5. The van der Waals surface area contributed by atoms with Gasteiger partial charge in [-0.25, -0.2) is 4.98 Å². The van der Waals surface area contributed by atoms with Gasteiger partial charge in [0.15, 0.2) is 5.82 Å². The number of anilines is 5. The summed E-state index contributed by atoms with van der Waals surface area (Å²) in [5.41, 5.74) is 4.33. The van der Waals surface area contributed by atoms with Crippen LogP contribution in [-0.2, 0) is 27.2 Å². The summed E-state index contributed by atoms with van der Waals surface area (Å²) in [5, 5.41) is 13.7. The molecule has 3 N–H and O–H groups in total. The molecule has 0 atom stereocenters. The van der Waals surface area contributed by atoms with Crippen LogP contribution >= 0.6 is 11.6 Å². The summed E-state index contributed by atoms with van der Waals surface area (Å²) >= 11 is 6.37. The molecule has 1 fully saturated rings. The van der Waals surface area contributed by atoms with Crippen LogP contribution in [0, 0.1) is 5.92 Å². The number of aromatic nitrogens is 4. The van der Waals surface area contributed by atoms with E-state index < -0.39 is 23.9 Å². The minimum Gasteiger partial charge on any atom is -0.479 e. The second-order valence-electron chi connectivity index (χ2n) is 12.0. The Bertz CT molecular complexity index is 2010. The molecular formula is C33H29ClF6N8O6. The summed E-state index contributed by atoms with van der Waals surface area (Å²) in [6, 6.07) is 9.27. The average molecular weight is 783 g/mol. The van der Waals surface area contributed by atoms with Crippen molar-refractivity contribution in [1.29, 1.82) is 0 Å². The molecule has 0 aliphatic carbocycles.